The predicted octanol–water partition coefficient (Wildman–Crippen LogP) is 1.02. The first-order valence-corrected chi connectivity index (χ1v) is 6.87. The van der Waals surface area contributed by atoms with Gasteiger partial charge < -0.3 is 15.2 Å². The molecular weight excluding hydrogens is 270 g/mol. The number of likely N-dealkylation sites (tertiary alicyclic amines) is 1. The van der Waals surface area contributed by atoms with E-state index in [1.807, 2.05) is 0 Å². The maximum atomic E-state index is 11.2. The van der Waals surface area contributed by atoms with Gasteiger partial charge in [-0.05, 0) is 24.1 Å². The van der Waals surface area contributed by atoms with Crippen LogP contribution in [0.2, 0.25) is 0 Å². The van der Waals surface area contributed by atoms with Gasteiger partial charge in [0.1, 0.15) is 0 Å². The number of alkyl carbamates (subject to hydrolysis) is 1. The van der Waals surface area contributed by atoms with Crippen LogP contribution in [0.4, 0.5) is 4.79 Å². The number of carbonyl (C=O) groups excluding carboxylic acids is 1. The molecule has 0 aromatic heterocycles. The molecule has 112 valence electrons. The number of nitrogens with one attached hydrogen (secondary N) is 1. The third-order valence-corrected chi connectivity index (χ3v) is 3.64. The first-order chi connectivity index (χ1) is 10.1. The highest BCUT2D eigenvalue weighted by Gasteiger charge is 2.25. The van der Waals surface area contributed by atoms with E-state index in [1.54, 1.807) is 24.3 Å². The van der Waals surface area contributed by atoms with Crippen LogP contribution in [-0.2, 0) is 4.74 Å². The standard InChI is InChI=1S/C15H19N3O3/c1-21-15(20)17-13-6-7-18(9-13)10-14(19)12-4-2-11(8-16)3-5-12/h2-5,13-14,19H,6-7,9-10H2,1H3,(H,17,20). The molecule has 1 fully saturated rings. The number of hydrogen-bond acceptors (Lipinski definition) is 5. The number of amides is 1. The first-order valence-electron chi connectivity index (χ1n) is 6.87. The Balaban J connectivity index is 1.84. The van der Waals surface area contributed by atoms with E-state index < -0.39 is 12.2 Å². The molecule has 1 aliphatic heterocycles. The zero-order chi connectivity index (χ0) is 15.2. The number of hydrogen-bond donors (Lipinski definition) is 2. The maximum absolute atomic E-state index is 11.2. The molecule has 0 saturated carbocycles. The van der Waals surface area contributed by atoms with E-state index in [9.17, 15) is 9.90 Å². The summed E-state index contributed by atoms with van der Waals surface area (Å²) in [4.78, 5) is 13.3. The van der Waals surface area contributed by atoms with Gasteiger partial charge >= 0.3 is 6.09 Å². The average molecular weight is 289 g/mol. The Bertz CT molecular complexity index is 524. The Hall–Kier alpha value is -2.10. The van der Waals surface area contributed by atoms with Crippen molar-refractivity contribution in [1.29, 1.82) is 5.26 Å². The van der Waals surface area contributed by atoms with Crippen LogP contribution in [0.1, 0.15) is 23.7 Å². The summed E-state index contributed by atoms with van der Waals surface area (Å²) in [6, 6.07) is 9.04. The van der Waals surface area contributed by atoms with Gasteiger partial charge in [0.2, 0.25) is 0 Å². The van der Waals surface area contributed by atoms with E-state index in [1.165, 1.54) is 7.11 Å². The number of ether oxygens (including phenoxy) is 1. The van der Waals surface area contributed by atoms with Crippen molar-refractivity contribution in [3.05, 3.63) is 35.4 Å². The van der Waals surface area contributed by atoms with Crippen molar-refractivity contribution >= 4 is 6.09 Å². The van der Waals surface area contributed by atoms with Crippen LogP contribution < -0.4 is 5.32 Å². The van der Waals surface area contributed by atoms with Crippen LogP contribution >= 0.6 is 0 Å². The highest BCUT2D eigenvalue weighted by atomic mass is 16.5. The molecule has 0 spiro atoms. The van der Waals surface area contributed by atoms with E-state index in [0.29, 0.717) is 18.7 Å². The van der Waals surface area contributed by atoms with Gasteiger partial charge in [0.15, 0.2) is 0 Å². The number of aliphatic hydroxyl groups is 1. The molecule has 0 radical (unpaired) electrons. The largest absolute Gasteiger partial charge is 0.453 e. The summed E-state index contributed by atoms with van der Waals surface area (Å²) < 4.78 is 4.58. The quantitative estimate of drug-likeness (QED) is 0.864. The average Bonchev–Trinajstić information content (AvgIpc) is 2.94. The van der Waals surface area contributed by atoms with Crippen LogP contribution in [0.3, 0.4) is 0 Å². The van der Waals surface area contributed by atoms with Crippen LogP contribution in [0.25, 0.3) is 0 Å². The number of carbonyl (C=O) groups is 1. The number of aliphatic hydroxyl groups excluding tert-OH is 1. The lowest BCUT2D eigenvalue weighted by Crippen LogP contribution is -2.37. The van der Waals surface area contributed by atoms with Gasteiger partial charge in [-0.1, -0.05) is 12.1 Å². The molecule has 1 heterocycles. The summed E-state index contributed by atoms with van der Waals surface area (Å²) in [7, 11) is 1.34. The second-order valence-electron chi connectivity index (χ2n) is 5.13. The fourth-order valence-corrected chi connectivity index (χ4v) is 2.47. The summed E-state index contributed by atoms with van der Waals surface area (Å²) in [5.41, 5.74) is 1.37. The maximum Gasteiger partial charge on any atom is 0.407 e. The molecule has 1 amide bonds. The molecule has 1 aliphatic rings. The monoisotopic (exact) mass is 289 g/mol. The van der Waals surface area contributed by atoms with Crippen LogP contribution in [-0.4, -0.2) is 48.9 Å². The lowest BCUT2D eigenvalue weighted by atomic mass is 10.1. The van der Waals surface area contributed by atoms with Crippen LogP contribution in [0.5, 0.6) is 0 Å². The highest BCUT2D eigenvalue weighted by molar-refractivity contribution is 5.67. The minimum absolute atomic E-state index is 0.0608. The van der Waals surface area contributed by atoms with Crippen molar-refractivity contribution in [3.8, 4) is 6.07 Å². The highest BCUT2D eigenvalue weighted by Crippen LogP contribution is 2.18. The number of β-amino-alcohol motifs (C(OH)–C–C–N with tert-alkyl or cyclic N) is 1. The van der Waals surface area contributed by atoms with Crippen LogP contribution in [0, 0.1) is 11.3 Å². The van der Waals surface area contributed by atoms with Crippen molar-refractivity contribution < 1.29 is 14.6 Å². The Morgan fingerprint density at radius 1 is 1.57 bits per heavy atom. The third-order valence-electron chi connectivity index (χ3n) is 3.64. The van der Waals surface area contributed by atoms with Crippen molar-refractivity contribution in [2.24, 2.45) is 0 Å². The lowest BCUT2D eigenvalue weighted by Gasteiger charge is -2.20. The zero-order valence-electron chi connectivity index (χ0n) is 12.0. The van der Waals surface area contributed by atoms with Crippen LogP contribution in [0.15, 0.2) is 24.3 Å². The summed E-state index contributed by atoms with van der Waals surface area (Å²) in [6.07, 6.45) is -0.182. The lowest BCUT2D eigenvalue weighted by molar-refractivity contribution is 0.124. The van der Waals surface area contributed by atoms with E-state index in [-0.39, 0.29) is 6.04 Å². The normalized spacial score (nSPS) is 19.8. The van der Waals surface area contributed by atoms with Gasteiger partial charge in [-0.15, -0.1) is 0 Å². The third kappa shape index (κ3) is 4.18. The minimum Gasteiger partial charge on any atom is -0.453 e. The molecule has 2 N–H and O–H groups in total. The van der Waals surface area contributed by atoms with Gasteiger partial charge in [-0.2, -0.15) is 5.26 Å². The number of nitrogens with zero attached hydrogens (tertiary/aromatic N) is 2. The van der Waals surface area contributed by atoms with E-state index >= 15 is 0 Å². The topological polar surface area (TPSA) is 85.6 Å². The fraction of sp³-hybridized carbons (Fsp3) is 0.467. The summed E-state index contributed by atoms with van der Waals surface area (Å²) in [5.74, 6) is 0. The van der Waals surface area contributed by atoms with Crippen molar-refractivity contribution in [3.63, 3.8) is 0 Å². The molecule has 2 rings (SSSR count). The minimum atomic E-state index is -0.602. The van der Waals surface area contributed by atoms with Gasteiger partial charge in [-0.25, -0.2) is 4.79 Å². The second kappa shape index (κ2) is 7.07. The molecule has 2 unspecified atom stereocenters. The number of rotatable bonds is 4. The Morgan fingerprint density at radius 3 is 2.90 bits per heavy atom. The molecule has 0 aliphatic carbocycles. The second-order valence-corrected chi connectivity index (χ2v) is 5.13. The van der Waals surface area contributed by atoms with Crippen molar-refractivity contribution in [2.45, 2.75) is 18.6 Å². The molecule has 1 saturated heterocycles. The molecule has 1 aromatic carbocycles. The number of methoxy groups -OCH3 is 1. The van der Waals surface area contributed by atoms with Crippen molar-refractivity contribution in [2.75, 3.05) is 26.7 Å². The van der Waals surface area contributed by atoms with Crippen molar-refractivity contribution in [1.82, 2.24) is 10.2 Å². The first kappa shape index (κ1) is 15.3. The van der Waals surface area contributed by atoms with Gasteiger partial charge in [-0.3, -0.25) is 4.90 Å². The smallest absolute Gasteiger partial charge is 0.407 e. The fourth-order valence-electron chi connectivity index (χ4n) is 2.47. The molecule has 2 atom stereocenters. The Kier molecular flexibility index (Phi) is 5.14. The number of nitriles is 1. The SMILES string of the molecule is COC(=O)NC1CCN(CC(O)c2ccc(C#N)cc2)C1. The molecule has 0 bridgehead atoms. The van der Waals surface area contributed by atoms with E-state index in [4.69, 9.17) is 5.26 Å². The van der Waals surface area contributed by atoms with Gasteiger partial charge in [0.05, 0.1) is 24.8 Å². The molecule has 1 aromatic rings. The molecule has 21 heavy (non-hydrogen) atoms. The zero-order valence-corrected chi connectivity index (χ0v) is 12.0. The predicted molar refractivity (Wildman–Crippen MR) is 76.5 cm³/mol. The van der Waals surface area contributed by atoms with Gasteiger partial charge in [0, 0.05) is 25.7 Å². The molecule has 6 heteroatoms. The molecule has 6 nitrogen and oxygen atoms in total. The summed E-state index contributed by atoms with van der Waals surface area (Å²) in [5, 5.41) is 21.7. The van der Waals surface area contributed by atoms with Gasteiger partial charge in [0.25, 0.3) is 0 Å². The number of benzene rings is 1. The molecular formula is C15H19N3O3. The summed E-state index contributed by atoms with van der Waals surface area (Å²) in [6.45, 7) is 2.02. The summed E-state index contributed by atoms with van der Waals surface area (Å²) >= 11 is 0. The Morgan fingerprint density at radius 2 is 2.29 bits per heavy atom. The Labute approximate surface area is 123 Å². The van der Waals surface area contributed by atoms with E-state index in [0.717, 1.165) is 18.5 Å². The van der Waals surface area contributed by atoms with E-state index in [2.05, 4.69) is 21.0 Å².